The summed E-state index contributed by atoms with van der Waals surface area (Å²) in [5.41, 5.74) is 13.9. The van der Waals surface area contributed by atoms with Crippen molar-refractivity contribution in [3.8, 4) is 32.8 Å². The Balaban J connectivity index is 0.00000302. The zero-order valence-electron chi connectivity index (χ0n) is 25.1. The first-order valence-corrected chi connectivity index (χ1v) is 16.3. The van der Waals surface area contributed by atoms with Gasteiger partial charge in [-0.25, -0.2) is 0 Å². The van der Waals surface area contributed by atoms with E-state index in [1.54, 1.807) is 11.3 Å². The first-order valence-electron chi connectivity index (χ1n) is 15.5. The van der Waals surface area contributed by atoms with Gasteiger partial charge in [0.25, 0.3) is 6.85 Å². The number of nitrogens with zero attached hydrogens (tertiary/aromatic N) is 4. The maximum Gasteiger partial charge on any atom is 2.00 e. The van der Waals surface area contributed by atoms with Crippen LogP contribution in [0.3, 0.4) is 0 Å². The van der Waals surface area contributed by atoms with Gasteiger partial charge >= 0.3 is 20.4 Å². The van der Waals surface area contributed by atoms with E-state index in [0.717, 1.165) is 39.4 Å². The molecule has 0 unspecified atom stereocenters. The molecule has 0 saturated carbocycles. The van der Waals surface area contributed by atoms with Gasteiger partial charge in [-0.3, -0.25) is 4.98 Å². The number of thiazole rings is 1. The first-order chi connectivity index (χ1) is 22.8. The van der Waals surface area contributed by atoms with E-state index in [0.29, 0.717) is 0 Å². The van der Waals surface area contributed by atoms with Crippen LogP contribution in [-0.4, -0.2) is 18.5 Å². The number of para-hydroxylation sites is 4. The van der Waals surface area contributed by atoms with Crippen molar-refractivity contribution >= 4 is 62.1 Å². The Kier molecular flexibility index (Phi) is 6.69. The van der Waals surface area contributed by atoms with Crippen molar-refractivity contribution in [3.05, 3.63) is 152 Å². The maximum absolute atomic E-state index is 5.01. The number of aromatic nitrogens is 1. The molecule has 7 heteroatoms. The third-order valence-corrected chi connectivity index (χ3v) is 10.4. The molecule has 1 aromatic heterocycles. The zero-order chi connectivity index (χ0) is 30.2. The number of hydrogen-bond acceptors (Lipinski definition) is 5. The number of rotatable bonds is 3. The smallest absolute Gasteiger partial charge is 0.381 e. The van der Waals surface area contributed by atoms with Gasteiger partial charge in [-0.05, 0) is 42.0 Å². The molecule has 224 valence electrons. The average Bonchev–Trinajstić information content (AvgIpc) is 3.80. The van der Waals surface area contributed by atoms with E-state index in [4.69, 9.17) is 4.98 Å². The van der Waals surface area contributed by atoms with Crippen LogP contribution in [-0.2, 0) is 20.4 Å². The van der Waals surface area contributed by atoms with Gasteiger partial charge in [0, 0.05) is 39.2 Å². The Morgan fingerprint density at radius 3 is 2.00 bits per heavy atom. The monoisotopic (exact) mass is 710 g/mol. The fourth-order valence-electron chi connectivity index (χ4n) is 7.19. The van der Waals surface area contributed by atoms with Crippen LogP contribution in [0.2, 0.25) is 0 Å². The maximum atomic E-state index is 5.01. The molecule has 4 nitrogen and oxygen atoms in total. The molecule has 0 bridgehead atoms. The molecular weight excluding hydrogens is 686 g/mol. The summed E-state index contributed by atoms with van der Waals surface area (Å²) in [4.78, 5) is 12.0. The van der Waals surface area contributed by atoms with Crippen molar-refractivity contribution in [1.82, 2.24) is 4.98 Å². The summed E-state index contributed by atoms with van der Waals surface area (Å²) in [6, 6.07) is 53.2. The zero-order valence-corrected chi connectivity index (χ0v) is 27.4. The van der Waals surface area contributed by atoms with Crippen LogP contribution >= 0.6 is 11.3 Å². The SMILES string of the molecule is [Pd+2].[c-]1c(-c2nc3ccccc3s2)ccc2c1B1c3[c-]c(N4C=CN(c5ccccc5)C4)ccc3-c3ccccc3N1c1ccccc1-2. The van der Waals surface area contributed by atoms with Crippen LogP contribution in [0, 0.1) is 12.1 Å². The fraction of sp³-hybridized carbons (Fsp3) is 0.0250. The van der Waals surface area contributed by atoms with Crippen LogP contribution in [0.1, 0.15) is 0 Å². The third-order valence-electron chi connectivity index (χ3n) is 9.30. The predicted molar refractivity (Wildman–Crippen MR) is 193 cm³/mol. The molecule has 0 aliphatic carbocycles. The van der Waals surface area contributed by atoms with E-state index in [9.17, 15) is 0 Å². The fourth-order valence-corrected chi connectivity index (χ4v) is 8.13. The Hall–Kier alpha value is -4.92. The van der Waals surface area contributed by atoms with Crippen molar-refractivity contribution in [2.75, 3.05) is 21.3 Å². The first kappa shape index (κ1) is 28.3. The number of anilines is 4. The van der Waals surface area contributed by atoms with Gasteiger partial charge in [0.15, 0.2) is 0 Å². The number of hydrogen-bond donors (Lipinski definition) is 0. The van der Waals surface area contributed by atoms with Gasteiger partial charge in [-0.1, -0.05) is 78.0 Å². The van der Waals surface area contributed by atoms with Gasteiger partial charge in [-0.2, -0.15) is 28.9 Å². The van der Waals surface area contributed by atoms with Crippen molar-refractivity contribution in [2.45, 2.75) is 0 Å². The van der Waals surface area contributed by atoms with E-state index in [2.05, 4.69) is 167 Å². The summed E-state index contributed by atoms with van der Waals surface area (Å²) in [7, 11) is 0. The van der Waals surface area contributed by atoms with Crippen molar-refractivity contribution in [1.29, 1.82) is 0 Å². The second-order valence-corrected chi connectivity index (χ2v) is 12.9. The molecule has 4 heterocycles. The van der Waals surface area contributed by atoms with Crippen LogP contribution < -0.4 is 25.5 Å². The minimum Gasteiger partial charge on any atom is -0.381 e. The Morgan fingerprint density at radius 1 is 0.596 bits per heavy atom. The average molecular weight is 711 g/mol. The molecule has 0 saturated heterocycles. The standard InChI is InChI=1S/C40H25BN4S.Pd/c1-2-10-28(11-3-1)43-22-23-44(26-43)29-19-21-31-33-13-5-8-16-38(33)45-37-15-7-4-12-32(37)30-20-18-27(24-34(30)41(45)35(31)25-29)40-42-36-14-6-9-17-39(36)46-40;/h1-23H,26H2;/q-2;+2. The van der Waals surface area contributed by atoms with Crippen LogP contribution in [0.5, 0.6) is 0 Å². The van der Waals surface area contributed by atoms with Gasteiger partial charge in [0.05, 0.1) is 12.2 Å². The largest absolute Gasteiger partial charge is 2.00 e. The summed E-state index contributed by atoms with van der Waals surface area (Å²) < 4.78 is 1.19. The molecular formula is C40H25BN4PdS. The molecule has 0 radical (unpaired) electrons. The van der Waals surface area contributed by atoms with E-state index in [-0.39, 0.29) is 27.3 Å². The molecule has 3 aliphatic rings. The molecule has 6 aromatic carbocycles. The number of fused-ring (bicyclic) bond motifs is 12. The number of benzene rings is 6. The molecule has 3 aliphatic heterocycles. The van der Waals surface area contributed by atoms with Crippen molar-refractivity contribution in [2.24, 2.45) is 0 Å². The molecule has 0 amide bonds. The van der Waals surface area contributed by atoms with Crippen LogP contribution in [0.4, 0.5) is 22.7 Å². The van der Waals surface area contributed by atoms with Crippen molar-refractivity contribution in [3.63, 3.8) is 0 Å². The Bertz CT molecular complexity index is 2320. The topological polar surface area (TPSA) is 22.6 Å². The minimum absolute atomic E-state index is 0. The molecule has 0 spiro atoms. The van der Waals surface area contributed by atoms with Crippen molar-refractivity contribution < 1.29 is 20.4 Å². The van der Waals surface area contributed by atoms with Gasteiger partial charge in [0.2, 0.25) is 0 Å². The van der Waals surface area contributed by atoms with Gasteiger partial charge < -0.3 is 14.6 Å². The second-order valence-electron chi connectivity index (χ2n) is 11.9. The van der Waals surface area contributed by atoms with E-state index in [1.165, 1.54) is 44.0 Å². The summed E-state index contributed by atoms with van der Waals surface area (Å²) >= 11 is 1.73. The third kappa shape index (κ3) is 4.42. The molecule has 7 aromatic rings. The normalized spacial score (nSPS) is 13.9. The van der Waals surface area contributed by atoms with Crippen LogP contribution in [0.15, 0.2) is 140 Å². The Morgan fingerprint density at radius 2 is 1.23 bits per heavy atom. The summed E-state index contributed by atoms with van der Waals surface area (Å²) in [5.74, 6) is 0. The molecule has 0 N–H and O–H groups in total. The molecule has 0 atom stereocenters. The minimum atomic E-state index is -0.0964. The van der Waals surface area contributed by atoms with Gasteiger partial charge in [-0.15, -0.1) is 46.4 Å². The Labute approximate surface area is 292 Å². The summed E-state index contributed by atoms with van der Waals surface area (Å²) in [5, 5.41) is 0.992. The predicted octanol–water partition coefficient (Wildman–Crippen LogP) is 8.22. The second kappa shape index (κ2) is 11.1. The van der Waals surface area contributed by atoms with Gasteiger partial charge in [0.1, 0.15) is 0 Å². The molecule has 10 rings (SSSR count). The molecule has 47 heavy (non-hydrogen) atoms. The van der Waals surface area contributed by atoms with E-state index >= 15 is 0 Å². The van der Waals surface area contributed by atoms with Crippen LogP contribution in [0.25, 0.3) is 43.0 Å². The van der Waals surface area contributed by atoms with E-state index in [1.807, 2.05) is 0 Å². The van der Waals surface area contributed by atoms with E-state index < -0.39 is 0 Å². The molecule has 0 fully saturated rings. The quantitative estimate of drug-likeness (QED) is 0.136. The summed E-state index contributed by atoms with van der Waals surface area (Å²) in [6.07, 6.45) is 4.30. The summed E-state index contributed by atoms with van der Waals surface area (Å²) in [6.45, 7) is 0.637.